The number of carbonyl (C=O) groups excluding carboxylic acids is 2. The minimum atomic E-state index is -0.695. The Kier molecular flexibility index (Phi) is 7.78. The predicted molar refractivity (Wildman–Crippen MR) is 124 cm³/mol. The van der Waals surface area contributed by atoms with Crippen LogP contribution in [0.1, 0.15) is 44.6 Å². The molecule has 0 saturated carbocycles. The van der Waals surface area contributed by atoms with Crippen molar-refractivity contribution in [1.29, 1.82) is 0 Å². The van der Waals surface area contributed by atoms with Gasteiger partial charge in [-0.25, -0.2) is 10.2 Å². The Labute approximate surface area is 195 Å². The van der Waals surface area contributed by atoms with Gasteiger partial charge in [0, 0.05) is 17.7 Å². The van der Waals surface area contributed by atoms with Crippen LogP contribution in [0.5, 0.6) is 0 Å². The number of hydrogen-bond acceptors (Lipinski definition) is 8. The first-order valence-corrected chi connectivity index (χ1v) is 10.3. The topological polar surface area (TPSA) is 144 Å². The lowest BCUT2D eigenvalue weighted by molar-refractivity contribution is -0.384. The summed E-state index contributed by atoms with van der Waals surface area (Å²) in [4.78, 5) is 40.5. The molecule has 0 saturated heterocycles. The number of carbonyl (C=O) groups is 2. The van der Waals surface area contributed by atoms with Gasteiger partial charge < -0.3 is 9.84 Å². The molecule has 0 radical (unpaired) electrons. The Morgan fingerprint density at radius 1 is 1.15 bits per heavy atom. The number of aliphatic hydroxyl groups is 1. The highest BCUT2D eigenvalue weighted by molar-refractivity contribution is 6.09. The third kappa shape index (κ3) is 5.30. The second-order valence-electron chi connectivity index (χ2n) is 7.06. The van der Waals surface area contributed by atoms with Gasteiger partial charge in [-0.05, 0) is 37.1 Å². The van der Waals surface area contributed by atoms with Crippen molar-refractivity contribution in [3.8, 4) is 11.1 Å². The van der Waals surface area contributed by atoms with E-state index in [-0.39, 0.29) is 34.7 Å². The molecule has 3 rings (SSSR count). The molecule has 0 aliphatic heterocycles. The SMILES string of the molecule is CCOC(=O)c1c(C)nc(CO)c(C(=O)NN=Cc2ccc([N+](=O)[O-])cc2)c1-c1ccccc1. The summed E-state index contributed by atoms with van der Waals surface area (Å²) >= 11 is 0. The van der Waals surface area contributed by atoms with Crippen LogP contribution in [-0.4, -0.2) is 39.7 Å². The number of aliphatic hydroxyl groups excluding tert-OH is 1. The van der Waals surface area contributed by atoms with E-state index in [0.717, 1.165) is 0 Å². The molecule has 2 N–H and O–H groups in total. The molecule has 0 aliphatic carbocycles. The molecule has 1 heterocycles. The number of pyridine rings is 1. The molecule has 34 heavy (non-hydrogen) atoms. The van der Waals surface area contributed by atoms with Crippen molar-refractivity contribution >= 4 is 23.8 Å². The smallest absolute Gasteiger partial charge is 0.340 e. The van der Waals surface area contributed by atoms with Gasteiger partial charge in [-0.3, -0.25) is 19.9 Å². The van der Waals surface area contributed by atoms with Crippen molar-refractivity contribution in [3.63, 3.8) is 0 Å². The fourth-order valence-corrected chi connectivity index (χ4v) is 3.37. The first-order chi connectivity index (χ1) is 16.4. The first kappa shape index (κ1) is 24.2. The van der Waals surface area contributed by atoms with Crippen LogP contribution in [0.4, 0.5) is 5.69 Å². The second kappa shape index (κ2) is 10.9. The molecule has 0 fully saturated rings. The molecule has 1 amide bonds. The number of amides is 1. The molecule has 0 atom stereocenters. The highest BCUT2D eigenvalue weighted by Crippen LogP contribution is 2.32. The van der Waals surface area contributed by atoms with Crippen LogP contribution in [0.25, 0.3) is 11.1 Å². The first-order valence-electron chi connectivity index (χ1n) is 10.3. The average Bonchev–Trinajstić information content (AvgIpc) is 2.84. The van der Waals surface area contributed by atoms with Crippen LogP contribution < -0.4 is 5.43 Å². The highest BCUT2D eigenvalue weighted by atomic mass is 16.6. The third-order valence-corrected chi connectivity index (χ3v) is 4.86. The van der Waals surface area contributed by atoms with E-state index in [1.165, 1.54) is 30.5 Å². The molecule has 0 unspecified atom stereocenters. The fraction of sp³-hybridized carbons (Fsp3) is 0.167. The lowest BCUT2D eigenvalue weighted by Crippen LogP contribution is -2.24. The Bertz CT molecular complexity index is 1240. The maximum Gasteiger partial charge on any atom is 0.340 e. The third-order valence-electron chi connectivity index (χ3n) is 4.86. The van der Waals surface area contributed by atoms with Gasteiger partial charge in [0.25, 0.3) is 11.6 Å². The van der Waals surface area contributed by atoms with Gasteiger partial charge in [0.15, 0.2) is 0 Å². The standard InChI is InChI=1S/C24H22N4O6/c1-3-34-24(31)20-15(2)26-19(14-29)22(21(20)17-7-5-4-6-8-17)23(30)27-25-13-16-9-11-18(12-10-16)28(32)33/h4-13,29H,3,14H2,1-2H3,(H,27,30). The Morgan fingerprint density at radius 3 is 2.41 bits per heavy atom. The summed E-state index contributed by atoms with van der Waals surface area (Å²) in [6, 6.07) is 14.4. The molecule has 174 valence electrons. The Morgan fingerprint density at radius 2 is 1.82 bits per heavy atom. The average molecular weight is 462 g/mol. The number of nitro groups is 1. The van der Waals surface area contributed by atoms with Crippen molar-refractivity contribution in [2.75, 3.05) is 6.61 Å². The van der Waals surface area contributed by atoms with E-state index >= 15 is 0 Å². The molecule has 2 aromatic carbocycles. The van der Waals surface area contributed by atoms with Crippen molar-refractivity contribution < 1.29 is 24.4 Å². The number of hydrogen-bond donors (Lipinski definition) is 2. The molecule has 10 nitrogen and oxygen atoms in total. The van der Waals surface area contributed by atoms with Gasteiger partial charge in [-0.2, -0.15) is 5.10 Å². The number of nitrogens with one attached hydrogen (secondary N) is 1. The zero-order chi connectivity index (χ0) is 24.7. The van der Waals surface area contributed by atoms with E-state index in [9.17, 15) is 24.8 Å². The lowest BCUT2D eigenvalue weighted by atomic mass is 9.92. The van der Waals surface area contributed by atoms with E-state index in [0.29, 0.717) is 16.8 Å². The van der Waals surface area contributed by atoms with E-state index in [4.69, 9.17) is 4.74 Å². The van der Waals surface area contributed by atoms with Gasteiger partial charge >= 0.3 is 5.97 Å². The van der Waals surface area contributed by atoms with E-state index in [1.807, 2.05) is 0 Å². The molecule has 0 bridgehead atoms. The molecule has 0 spiro atoms. The van der Waals surface area contributed by atoms with Gasteiger partial charge in [-0.1, -0.05) is 30.3 Å². The van der Waals surface area contributed by atoms with Crippen LogP contribution in [0.3, 0.4) is 0 Å². The number of nitrogens with zero attached hydrogens (tertiary/aromatic N) is 3. The zero-order valence-electron chi connectivity index (χ0n) is 18.5. The van der Waals surface area contributed by atoms with E-state index in [2.05, 4.69) is 15.5 Å². The van der Waals surface area contributed by atoms with Crippen molar-refractivity contribution in [2.24, 2.45) is 5.10 Å². The van der Waals surface area contributed by atoms with Crippen LogP contribution in [0, 0.1) is 17.0 Å². The number of non-ortho nitro benzene ring substituents is 1. The van der Waals surface area contributed by atoms with Crippen molar-refractivity contribution in [1.82, 2.24) is 10.4 Å². The van der Waals surface area contributed by atoms with Crippen molar-refractivity contribution in [3.05, 3.63) is 92.8 Å². The molecule has 3 aromatic rings. The summed E-state index contributed by atoms with van der Waals surface area (Å²) in [5.41, 5.74) is 4.17. The van der Waals surface area contributed by atoms with Crippen molar-refractivity contribution in [2.45, 2.75) is 20.5 Å². The van der Waals surface area contributed by atoms with Crippen LogP contribution >= 0.6 is 0 Å². The number of rotatable bonds is 8. The second-order valence-corrected chi connectivity index (χ2v) is 7.06. The monoisotopic (exact) mass is 462 g/mol. The van der Waals surface area contributed by atoms with Crippen LogP contribution in [-0.2, 0) is 11.3 Å². The predicted octanol–water partition coefficient (Wildman–Crippen LogP) is 3.40. The minimum Gasteiger partial charge on any atom is -0.462 e. The van der Waals surface area contributed by atoms with Gasteiger partial charge in [-0.15, -0.1) is 0 Å². The number of aryl methyl sites for hydroxylation is 1. The number of nitro benzene ring substituents is 1. The summed E-state index contributed by atoms with van der Waals surface area (Å²) < 4.78 is 5.19. The summed E-state index contributed by atoms with van der Waals surface area (Å²) in [5.74, 6) is -1.33. The molecular weight excluding hydrogens is 440 g/mol. The summed E-state index contributed by atoms with van der Waals surface area (Å²) in [5, 5.41) is 24.6. The molecule has 1 aromatic heterocycles. The molecule has 10 heteroatoms. The number of ether oxygens (including phenoxy) is 1. The van der Waals surface area contributed by atoms with Crippen LogP contribution in [0.2, 0.25) is 0 Å². The fourth-order valence-electron chi connectivity index (χ4n) is 3.37. The zero-order valence-corrected chi connectivity index (χ0v) is 18.5. The normalized spacial score (nSPS) is 10.8. The molecule has 0 aliphatic rings. The number of hydrazone groups is 1. The minimum absolute atomic E-state index is 0.0109. The van der Waals surface area contributed by atoms with E-state index < -0.39 is 23.4 Å². The highest BCUT2D eigenvalue weighted by Gasteiger charge is 2.28. The van der Waals surface area contributed by atoms with Crippen LogP contribution in [0.15, 0.2) is 59.7 Å². The number of benzene rings is 2. The number of esters is 1. The Hall–Kier alpha value is -4.44. The maximum absolute atomic E-state index is 13.2. The number of aromatic nitrogens is 1. The van der Waals surface area contributed by atoms with Gasteiger partial charge in [0.1, 0.15) is 0 Å². The quantitative estimate of drug-likeness (QED) is 0.226. The Balaban J connectivity index is 2.04. The molecular formula is C24H22N4O6. The summed E-state index contributed by atoms with van der Waals surface area (Å²) in [6.07, 6.45) is 1.32. The van der Waals surface area contributed by atoms with Gasteiger partial charge in [0.2, 0.25) is 0 Å². The lowest BCUT2D eigenvalue weighted by Gasteiger charge is -2.18. The summed E-state index contributed by atoms with van der Waals surface area (Å²) in [7, 11) is 0. The summed E-state index contributed by atoms with van der Waals surface area (Å²) in [6.45, 7) is 2.87. The van der Waals surface area contributed by atoms with Gasteiger partial charge in [0.05, 0.1) is 46.9 Å². The largest absolute Gasteiger partial charge is 0.462 e. The maximum atomic E-state index is 13.2. The van der Waals surface area contributed by atoms with E-state index in [1.54, 1.807) is 44.2 Å².